The standard InChI is InChI=1S/C18H23ClN2O3S/c19-13-6-7-15-16(12-13)20-18(25-11-10-24-9-8-22)21(17(15)23)14-4-2-1-3-5-14/h6-7,12,14,22H,1-5,8-11H2. The lowest BCUT2D eigenvalue weighted by Crippen LogP contribution is -2.29. The number of hydrogen-bond acceptors (Lipinski definition) is 5. The van der Waals surface area contributed by atoms with Crippen molar-refractivity contribution < 1.29 is 9.84 Å². The smallest absolute Gasteiger partial charge is 0.262 e. The minimum Gasteiger partial charge on any atom is -0.394 e. The molecule has 7 heteroatoms. The number of nitrogens with zero attached hydrogens (tertiary/aromatic N) is 2. The van der Waals surface area contributed by atoms with Gasteiger partial charge in [0.15, 0.2) is 5.16 Å². The van der Waals surface area contributed by atoms with E-state index in [9.17, 15) is 4.79 Å². The van der Waals surface area contributed by atoms with Gasteiger partial charge in [0.1, 0.15) is 0 Å². The van der Waals surface area contributed by atoms with Gasteiger partial charge in [-0.1, -0.05) is 42.6 Å². The number of rotatable bonds is 7. The van der Waals surface area contributed by atoms with Crippen molar-refractivity contribution in [2.24, 2.45) is 0 Å². The number of aromatic nitrogens is 2. The molecular weight excluding hydrogens is 360 g/mol. The first-order chi connectivity index (χ1) is 12.2. The highest BCUT2D eigenvalue weighted by atomic mass is 35.5. The molecule has 2 aromatic rings. The zero-order chi connectivity index (χ0) is 17.6. The molecule has 0 amide bonds. The molecule has 0 bridgehead atoms. The second-order valence-electron chi connectivity index (χ2n) is 6.21. The summed E-state index contributed by atoms with van der Waals surface area (Å²) in [5, 5.41) is 10.7. The predicted molar refractivity (Wildman–Crippen MR) is 102 cm³/mol. The quantitative estimate of drug-likeness (QED) is 0.449. The third-order valence-electron chi connectivity index (χ3n) is 4.47. The predicted octanol–water partition coefficient (Wildman–Crippen LogP) is 3.66. The molecule has 1 saturated carbocycles. The second kappa shape index (κ2) is 9.03. The van der Waals surface area contributed by atoms with Crippen LogP contribution in [0.1, 0.15) is 38.1 Å². The maximum Gasteiger partial charge on any atom is 0.262 e. The minimum absolute atomic E-state index is 0.0180. The molecule has 1 aromatic carbocycles. The lowest BCUT2D eigenvalue weighted by Gasteiger charge is -2.26. The van der Waals surface area contributed by atoms with Crippen LogP contribution in [0.3, 0.4) is 0 Å². The molecular formula is C18H23ClN2O3S. The summed E-state index contributed by atoms with van der Waals surface area (Å²) in [4.78, 5) is 17.8. The van der Waals surface area contributed by atoms with E-state index < -0.39 is 0 Å². The van der Waals surface area contributed by atoms with Crippen LogP contribution in [0.15, 0.2) is 28.2 Å². The topological polar surface area (TPSA) is 64.3 Å². The molecule has 1 heterocycles. The monoisotopic (exact) mass is 382 g/mol. The van der Waals surface area contributed by atoms with E-state index in [1.54, 1.807) is 18.2 Å². The van der Waals surface area contributed by atoms with Crippen molar-refractivity contribution in [2.75, 3.05) is 25.6 Å². The number of thioether (sulfide) groups is 1. The minimum atomic E-state index is 0.0180. The highest BCUT2D eigenvalue weighted by Gasteiger charge is 2.21. The summed E-state index contributed by atoms with van der Waals surface area (Å²) >= 11 is 7.60. The highest BCUT2D eigenvalue weighted by molar-refractivity contribution is 7.99. The molecule has 0 radical (unpaired) electrons. The zero-order valence-corrected chi connectivity index (χ0v) is 15.7. The normalized spacial score (nSPS) is 15.8. The van der Waals surface area contributed by atoms with Gasteiger partial charge in [-0.3, -0.25) is 9.36 Å². The van der Waals surface area contributed by atoms with Crippen molar-refractivity contribution >= 4 is 34.3 Å². The number of hydrogen-bond donors (Lipinski definition) is 1. The summed E-state index contributed by atoms with van der Waals surface area (Å²) in [6, 6.07) is 5.48. The van der Waals surface area contributed by atoms with Crippen molar-refractivity contribution in [3.63, 3.8) is 0 Å². The van der Waals surface area contributed by atoms with Crippen LogP contribution < -0.4 is 5.56 Å². The fourth-order valence-electron chi connectivity index (χ4n) is 3.27. The van der Waals surface area contributed by atoms with Gasteiger partial charge in [0.05, 0.1) is 30.7 Å². The van der Waals surface area contributed by atoms with Crippen LogP contribution in [0.2, 0.25) is 5.02 Å². The Bertz CT molecular complexity index is 775. The lowest BCUT2D eigenvalue weighted by atomic mass is 9.95. The molecule has 1 aliphatic rings. The Kier molecular flexibility index (Phi) is 6.76. The maximum atomic E-state index is 13.1. The number of benzene rings is 1. The van der Waals surface area contributed by atoms with Gasteiger partial charge in [-0.05, 0) is 31.0 Å². The molecule has 1 fully saturated rings. The maximum absolute atomic E-state index is 13.1. The van der Waals surface area contributed by atoms with Crippen LogP contribution in [-0.2, 0) is 4.74 Å². The van der Waals surface area contributed by atoms with Crippen molar-refractivity contribution in [1.82, 2.24) is 9.55 Å². The van der Waals surface area contributed by atoms with E-state index in [0.29, 0.717) is 34.9 Å². The van der Waals surface area contributed by atoms with Crippen LogP contribution in [0.5, 0.6) is 0 Å². The molecule has 0 unspecified atom stereocenters. The van der Waals surface area contributed by atoms with Gasteiger partial charge in [-0.15, -0.1) is 0 Å². The van der Waals surface area contributed by atoms with Crippen LogP contribution >= 0.6 is 23.4 Å². The van der Waals surface area contributed by atoms with E-state index in [1.165, 1.54) is 18.2 Å². The molecule has 136 valence electrons. The van der Waals surface area contributed by atoms with Gasteiger partial charge < -0.3 is 9.84 Å². The highest BCUT2D eigenvalue weighted by Crippen LogP contribution is 2.31. The van der Waals surface area contributed by atoms with E-state index in [2.05, 4.69) is 0 Å². The summed E-state index contributed by atoms with van der Waals surface area (Å²) in [7, 11) is 0. The van der Waals surface area contributed by atoms with Crippen molar-refractivity contribution in [3.05, 3.63) is 33.6 Å². The molecule has 25 heavy (non-hydrogen) atoms. The van der Waals surface area contributed by atoms with Gasteiger partial charge in [0.25, 0.3) is 5.56 Å². The summed E-state index contributed by atoms with van der Waals surface area (Å²) in [5.74, 6) is 0.686. The average Bonchev–Trinajstić information content (AvgIpc) is 2.62. The average molecular weight is 383 g/mol. The number of aliphatic hydroxyl groups is 1. The van der Waals surface area contributed by atoms with Gasteiger partial charge in [-0.25, -0.2) is 4.98 Å². The van der Waals surface area contributed by atoms with Gasteiger partial charge in [-0.2, -0.15) is 0 Å². The van der Waals surface area contributed by atoms with E-state index in [4.69, 9.17) is 26.4 Å². The van der Waals surface area contributed by atoms with Crippen LogP contribution in [-0.4, -0.2) is 40.2 Å². The molecule has 1 aliphatic carbocycles. The first-order valence-corrected chi connectivity index (χ1v) is 10.1. The van der Waals surface area contributed by atoms with Crippen molar-refractivity contribution in [3.8, 4) is 0 Å². The van der Waals surface area contributed by atoms with Gasteiger partial charge in [0, 0.05) is 16.8 Å². The van der Waals surface area contributed by atoms with Gasteiger partial charge >= 0.3 is 0 Å². The Morgan fingerprint density at radius 2 is 2.08 bits per heavy atom. The van der Waals surface area contributed by atoms with Crippen molar-refractivity contribution in [1.29, 1.82) is 0 Å². The van der Waals surface area contributed by atoms with Crippen molar-refractivity contribution in [2.45, 2.75) is 43.3 Å². The molecule has 0 atom stereocenters. The van der Waals surface area contributed by atoms with E-state index in [1.807, 2.05) is 4.57 Å². The molecule has 3 rings (SSSR count). The third kappa shape index (κ3) is 4.56. The number of halogens is 1. The summed E-state index contributed by atoms with van der Waals surface area (Å²) in [6.45, 7) is 0.861. The van der Waals surface area contributed by atoms with Crippen LogP contribution in [0, 0.1) is 0 Å². The molecule has 1 N–H and O–H groups in total. The second-order valence-corrected chi connectivity index (χ2v) is 7.71. The van der Waals surface area contributed by atoms with Crippen LogP contribution in [0.25, 0.3) is 10.9 Å². The summed E-state index contributed by atoms with van der Waals surface area (Å²) in [5.41, 5.74) is 0.663. The molecule has 1 aromatic heterocycles. The SMILES string of the molecule is O=c1c2ccc(Cl)cc2nc(SCCOCCO)n1C1CCCCC1. The molecule has 0 aliphatic heterocycles. The molecule has 0 saturated heterocycles. The Balaban J connectivity index is 1.94. The zero-order valence-electron chi connectivity index (χ0n) is 14.1. The lowest BCUT2D eigenvalue weighted by molar-refractivity contribution is 0.103. The van der Waals surface area contributed by atoms with E-state index in [0.717, 1.165) is 30.8 Å². The number of aliphatic hydroxyl groups excluding tert-OH is 1. The third-order valence-corrected chi connectivity index (χ3v) is 5.62. The number of ether oxygens (including phenoxy) is 1. The Hall–Kier alpha value is -1.08. The van der Waals surface area contributed by atoms with E-state index >= 15 is 0 Å². The Morgan fingerprint density at radius 3 is 2.84 bits per heavy atom. The molecule has 5 nitrogen and oxygen atoms in total. The largest absolute Gasteiger partial charge is 0.394 e. The first-order valence-electron chi connectivity index (χ1n) is 8.74. The van der Waals surface area contributed by atoms with Gasteiger partial charge in [0.2, 0.25) is 0 Å². The summed E-state index contributed by atoms with van der Waals surface area (Å²) < 4.78 is 7.20. The Morgan fingerprint density at radius 1 is 1.28 bits per heavy atom. The Labute approximate surface area is 156 Å². The van der Waals surface area contributed by atoms with Crippen LogP contribution in [0.4, 0.5) is 0 Å². The number of fused-ring (bicyclic) bond motifs is 1. The van der Waals surface area contributed by atoms with E-state index in [-0.39, 0.29) is 18.2 Å². The molecule has 0 spiro atoms. The fraction of sp³-hybridized carbons (Fsp3) is 0.556. The summed E-state index contributed by atoms with van der Waals surface area (Å²) in [6.07, 6.45) is 5.59. The fourth-order valence-corrected chi connectivity index (χ4v) is 4.36. The first kappa shape index (κ1) is 18.7.